The Morgan fingerprint density at radius 1 is 1.61 bits per heavy atom. The molecule has 18 heavy (non-hydrogen) atoms. The SMILES string of the molecule is CN(Cc1ccc(C(=O)NN)s1)CC1CC(O)C1. The van der Waals surface area contributed by atoms with Gasteiger partial charge in [-0.3, -0.25) is 10.2 Å². The van der Waals surface area contributed by atoms with Crippen molar-refractivity contribution in [2.75, 3.05) is 13.6 Å². The van der Waals surface area contributed by atoms with Gasteiger partial charge in [-0.1, -0.05) is 0 Å². The van der Waals surface area contributed by atoms with Crippen LogP contribution in [0.25, 0.3) is 0 Å². The summed E-state index contributed by atoms with van der Waals surface area (Å²) in [5.41, 5.74) is 2.13. The third kappa shape index (κ3) is 3.29. The zero-order valence-electron chi connectivity index (χ0n) is 10.4. The van der Waals surface area contributed by atoms with Crippen LogP contribution in [0.5, 0.6) is 0 Å². The Morgan fingerprint density at radius 2 is 2.33 bits per heavy atom. The average molecular weight is 269 g/mol. The molecule has 100 valence electrons. The van der Waals surface area contributed by atoms with Crippen LogP contribution in [0.2, 0.25) is 0 Å². The normalized spacial score (nSPS) is 22.9. The van der Waals surface area contributed by atoms with E-state index in [1.165, 1.54) is 11.3 Å². The van der Waals surface area contributed by atoms with Gasteiger partial charge in [0.25, 0.3) is 5.91 Å². The van der Waals surface area contributed by atoms with Crippen LogP contribution in [0.15, 0.2) is 12.1 Å². The number of aliphatic hydroxyl groups is 1. The average Bonchev–Trinajstić information content (AvgIpc) is 2.74. The summed E-state index contributed by atoms with van der Waals surface area (Å²) < 4.78 is 0. The number of nitrogen functional groups attached to an aromatic ring is 1. The van der Waals surface area contributed by atoms with Gasteiger partial charge in [-0.2, -0.15) is 0 Å². The second kappa shape index (κ2) is 5.79. The van der Waals surface area contributed by atoms with Gasteiger partial charge in [-0.15, -0.1) is 11.3 Å². The molecule has 0 saturated heterocycles. The van der Waals surface area contributed by atoms with E-state index in [9.17, 15) is 9.90 Å². The number of hydrogen-bond acceptors (Lipinski definition) is 5. The van der Waals surface area contributed by atoms with Crippen molar-refractivity contribution >= 4 is 17.2 Å². The number of amides is 1. The molecule has 5 nitrogen and oxygen atoms in total. The molecule has 0 spiro atoms. The predicted octanol–water partition coefficient (Wildman–Crippen LogP) is 0.554. The number of nitrogens with one attached hydrogen (secondary N) is 1. The first-order chi connectivity index (χ1) is 8.58. The first kappa shape index (κ1) is 13.5. The minimum atomic E-state index is -0.240. The molecule has 1 amide bonds. The van der Waals surface area contributed by atoms with Crippen molar-refractivity contribution in [2.24, 2.45) is 11.8 Å². The van der Waals surface area contributed by atoms with Crippen LogP contribution in [0, 0.1) is 5.92 Å². The fourth-order valence-corrected chi connectivity index (χ4v) is 3.27. The lowest BCUT2D eigenvalue weighted by atomic mass is 9.82. The Kier molecular flexibility index (Phi) is 4.34. The lowest BCUT2D eigenvalue weighted by molar-refractivity contribution is 0.0275. The second-order valence-electron chi connectivity index (χ2n) is 4.93. The molecular formula is C12H19N3O2S. The van der Waals surface area contributed by atoms with Crippen LogP contribution in [0.1, 0.15) is 27.4 Å². The van der Waals surface area contributed by atoms with E-state index >= 15 is 0 Å². The molecule has 1 heterocycles. The number of thiophene rings is 1. The van der Waals surface area contributed by atoms with Gasteiger partial charge in [0, 0.05) is 18.0 Å². The number of carbonyl (C=O) groups is 1. The van der Waals surface area contributed by atoms with Crippen LogP contribution < -0.4 is 11.3 Å². The maximum atomic E-state index is 11.3. The number of nitrogens with two attached hydrogens (primary N) is 1. The molecule has 2 rings (SSSR count). The molecule has 4 N–H and O–H groups in total. The molecule has 0 bridgehead atoms. The molecule has 1 fully saturated rings. The van der Waals surface area contributed by atoms with E-state index in [1.807, 2.05) is 6.07 Å². The zero-order chi connectivity index (χ0) is 13.1. The quantitative estimate of drug-likeness (QED) is 0.414. The highest BCUT2D eigenvalue weighted by Crippen LogP contribution is 2.28. The summed E-state index contributed by atoms with van der Waals surface area (Å²) in [7, 11) is 2.06. The summed E-state index contributed by atoms with van der Waals surface area (Å²) in [5.74, 6) is 5.46. The maximum Gasteiger partial charge on any atom is 0.275 e. The number of hydrazine groups is 1. The minimum Gasteiger partial charge on any atom is -0.393 e. The summed E-state index contributed by atoms with van der Waals surface area (Å²) in [6.07, 6.45) is 1.73. The molecular weight excluding hydrogens is 250 g/mol. The number of nitrogens with zero attached hydrogens (tertiary/aromatic N) is 1. The number of hydrogen-bond donors (Lipinski definition) is 3. The standard InChI is InChI=1S/C12H19N3O2S/c1-15(6-8-4-9(16)5-8)7-10-2-3-11(18-10)12(17)14-13/h2-3,8-9,16H,4-7,13H2,1H3,(H,14,17). The van der Waals surface area contributed by atoms with Gasteiger partial charge in [0.1, 0.15) is 0 Å². The molecule has 1 aliphatic rings. The van der Waals surface area contributed by atoms with Crippen molar-refractivity contribution in [1.82, 2.24) is 10.3 Å². The van der Waals surface area contributed by atoms with E-state index in [0.717, 1.165) is 30.8 Å². The van der Waals surface area contributed by atoms with Crippen LogP contribution in [-0.2, 0) is 6.54 Å². The smallest absolute Gasteiger partial charge is 0.275 e. The second-order valence-corrected chi connectivity index (χ2v) is 6.10. The van der Waals surface area contributed by atoms with Gasteiger partial charge < -0.3 is 10.0 Å². The van der Waals surface area contributed by atoms with E-state index < -0.39 is 0 Å². The number of rotatable bonds is 5. The Balaban J connectivity index is 1.81. The Morgan fingerprint density at radius 3 is 2.94 bits per heavy atom. The fraction of sp³-hybridized carbons (Fsp3) is 0.583. The lowest BCUT2D eigenvalue weighted by Crippen LogP contribution is -2.36. The molecule has 0 unspecified atom stereocenters. The van der Waals surface area contributed by atoms with Crippen molar-refractivity contribution in [3.05, 3.63) is 21.9 Å². The van der Waals surface area contributed by atoms with Crippen molar-refractivity contribution in [1.29, 1.82) is 0 Å². The monoisotopic (exact) mass is 269 g/mol. The Labute approximate surface area is 111 Å². The van der Waals surface area contributed by atoms with E-state index in [1.54, 1.807) is 6.07 Å². The summed E-state index contributed by atoms with van der Waals surface area (Å²) in [6.45, 7) is 1.82. The summed E-state index contributed by atoms with van der Waals surface area (Å²) in [4.78, 5) is 15.3. The van der Waals surface area contributed by atoms with Gasteiger partial charge >= 0.3 is 0 Å². The van der Waals surface area contributed by atoms with Crippen molar-refractivity contribution < 1.29 is 9.90 Å². The van der Waals surface area contributed by atoms with Crippen molar-refractivity contribution in [3.63, 3.8) is 0 Å². The number of carbonyl (C=O) groups excluding carboxylic acids is 1. The van der Waals surface area contributed by atoms with Gasteiger partial charge in [0.05, 0.1) is 11.0 Å². The van der Waals surface area contributed by atoms with Crippen molar-refractivity contribution in [2.45, 2.75) is 25.5 Å². The van der Waals surface area contributed by atoms with Crippen LogP contribution in [0.3, 0.4) is 0 Å². The predicted molar refractivity (Wildman–Crippen MR) is 71.0 cm³/mol. The van der Waals surface area contributed by atoms with Gasteiger partial charge in [0.15, 0.2) is 0 Å². The van der Waals surface area contributed by atoms with Crippen molar-refractivity contribution in [3.8, 4) is 0 Å². The highest BCUT2D eigenvalue weighted by atomic mass is 32.1. The summed E-state index contributed by atoms with van der Waals surface area (Å²) in [6, 6.07) is 3.75. The first-order valence-electron chi connectivity index (χ1n) is 6.04. The van der Waals surface area contributed by atoms with Crippen LogP contribution >= 0.6 is 11.3 Å². The van der Waals surface area contributed by atoms with E-state index in [-0.39, 0.29) is 12.0 Å². The molecule has 0 aromatic carbocycles. The fourth-order valence-electron chi connectivity index (χ4n) is 2.28. The molecule has 1 aromatic rings. The van der Waals surface area contributed by atoms with Crippen LogP contribution in [-0.4, -0.2) is 35.6 Å². The zero-order valence-corrected chi connectivity index (χ0v) is 11.2. The molecule has 0 atom stereocenters. The lowest BCUT2D eigenvalue weighted by Gasteiger charge is -2.34. The number of aliphatic hydroxyl groups excluding tert-OH is 1. The highest BCUT2D eigenvalue weighted by molar-refractivity contribution is 7.14. The highest BCUT2D eigenvalue weighted by Gasteiger charge is 2.27. The molecule has 1 aliphatic carbocycles. The van der Waals surface area contributed by atoms with E-state index in [0.29, 0.717) is 10.8 Å². The molecule has 0 radical (unpaired) electrons. The Hall–Kier alpha value is -0.950. The maximum absolute atomic E-state index is 11.3. The molecule has 1 aromatic heterocycles. The topological polar surface area (TPSA) is 78.6 Å². The van der Waals surface area contributed by atoms with Crippen LogP contribution in [0.4, 0.5) is 0 Å². The van der Waals surface area contributed by atoms with Gasteiger partial charge in [0.2, 0.25) is 0 Å². The molecule has 1 saturated carbocycles. The molecule has 6 heteroatoms. The Bertz CT molecular complexity index is 415. The third-order valence-electron chi connectivity index (χ3n) is 3.22. The summed E-state index contributed by atoms with van der Waals surface area (Å²) in [5, 5.41) is 9.24. The van der Waals surface area contributed by atoms with Gasteiger partial charge in [-0.05, 0) is 37.9 Å². The third-order valence-corrected chi connectivity index (χ3v) is 4.29. The minimum absolute atomic E-state index is 0.0926. The van der Waals surface area contributed by atoms with Gasteiger partial charge in [-0.25, -0.2) is 5.84 Å². The molecule has 0 aliphatic heterocycles. The van der Waals surface area contributed by atoms with E-state index in [4.69, 9.17) is 5.84 Å². The first-order valence-corrected chi connectivity index (χ1v) is 6.86. The van der Waals surface area contributed by atoms with E-state index in [2.05, 4.69) is 17.4 Å². The summed E-state index contributed by atoms with van der Waals surface area (Å²) >= 11 is 1.46. The largest absolute Gasteiger partial charge is 0.393 e.